The Kier molecular flexibility index (Phi) is 5.56. The lowest BCUT2D eigenvalue weighted by molar-refractivity contribution is 0.215. The summed E-state index contributed by atoms with van der Waals surface area (Å²) in [4.78, 5) is 12.9. The Morgan fingerprint density at radius 3 is 2.13 bits per heavy atom. The van der Waals surface area contributed by atoms with E-state index in [1.807, 2.05) is 0 Å². The fourth-order valence-electron chi connectivity index (χ4n) is 1.70. The molecule has 0 aliphatic rings. The fourth-order valence-corrected chi connectivity index (χ4v) is 1.70. The van der Waals surface area contributed by atoms with Gasteiger partial charge in [-0.15, -0.1) is 0 Å². The molecule has 0 aliphatic carbocycles. The minimum Gasteiger partial charge on any atom is -0.493 e. The minimum atomic E-state index is 0.0698. The molecule has 2 rings (SSSR count). The highest BCUT2D eigenvalue weighted by Crippen LogP contribution is 2.32. The van der Waals surface area contributed by atoms with Crippen LogP contribution in [0.1, 0.15) is 5.56 Å². The lowest BCUT2D eigenvalue weighted by atomic mass is 10.2. The molecule has 0 radical (unpaired) electrons. The lowest BCUT2D eigenvalue weighted by Gasteiger charge is -2.11. The lowest BCUT2D eigenvalue weighted by Crippen LogP contribution is -1.99. The van der Waals surface area contributed by atoms with E-state index in [0.29, 0.717) is 23.3 Å². The Balaban J connectivity index is 2.36. The van der Waals surface area contributed by atoms with Gasteiger partial charge >= 0.3 is 6.01 Å². The molecule has 2 aromatic rings. The van der Waals surface area contributed by atoms with E-state index in [9.17, 15) is 0 Å². The zero-order chi connectivity index (χ0) is 16.7. The SMILES string of the molecule is CO/N=C/c1ccc(OC)c(Oc2nc(OC)cc(OC)n2)c1. The Hall–Kier alpha value is -3.03. The summed E-state index contributed by atoms with van der Waals surface area (Å²) in [6.07, 6.45) is 1.54. The fraction of sp³-hybridized carbons (Fsp3) is 0.267. The Morgan fingerprint density at radius 1 is 0.870 bits per heavy atom. The molecular formula is C15H17N3O5. The number of rotatable bonds is 7. The van der Waals surface area contributed by atoms with Crippen molar-refractivity contribution in [3.05, 3.63) is 29.8 Å². The zero-order valence-corrected chi connectivity index (χ0v) is 13.3. The van der Waals surface area contributed by atoms with Crippen molar-refractivity contribution in [2.24, 2.45) is 5.16 Å². The van der Waals surface area contributed by atoms with Gasteiger partial charge in [-0.05, 0) is 18.2 Å². The van der Waals surface area contributed by atoms with Crippen LogP contribution in [0, 0.1) is 0 Å². The molecule has 0 unspecified atom stereocenters. The van der Waals surface area contributed by atoms with E-state index in [0.717, 1.165) is 5.56 Å². The molecule has 23 heavy (non-hydrogen) atoms. The van der Waals surface area contributed by atoms with Crippen LogP contribution in [-0.4, -0.2) is 44.6 Å². The third-order valence-electron chi connectivity index (χ3n) is 2.77. The van der Waals surface area contributed by atoms with Crippen LogP contribution in [0.25, 0.3) is 0 Å². The molecule has 0 bridgehead atoms. The Morgan fingerprint density at radius 2 is 1.57 bits per heavy atom. The molecule has 0 amide bonds. The van der Waals surface area contributed by atoms with Crippen LogP contribution < -0.4 is 18.9 Å². The summed E-state index contributed by atoms with van der Waals surface area (Å²) in [5.74, 6) is 1.58. The van der Waals surface area contributed by atoms with E-state index >= 15 is 0 Å². The molecule has 0 N–H and O–H groups in total. The number of oxime groups is 1. The molecule has 0 saturated carbocycles. The summed E-state index contributed by atoms with van der Waals surface area (Å²) in [5.41, 5.74) is 0.762. The van der Waals surface area contributed by atoms with Gasteiger partial charge in [0, 0.05) is 5.56 Å². The molecule has 8 heteroatoms. The second-order valence-corrected chi connectivity index (χ2v) is 4.16. The van der Waals surface area contributed by atoms with Gasteiger partial charge in [0.1, 0.15) is 7.11 Å². The highest BCUT2D eigenvalue weighted by atomic mass is 16.6. The van der Waals surface area contributed by atoms with Crippen LogP contribution in [0.4, 0.5) is 0 Å². The maximum atomic E-state index is 5.70. The summed E-state index contributed by atoms with van der Waals surface area (Å²) in [5, 5.41) is 3.71. The average molecular weight is 319 g/mol. The number of benzene rings is 1. The van der Waals surface area contributed by atoms with Gasteiger partial charge in [0.15, 0.2) is 11.5 Å². The maximum Gasteiger partial charge on any atom is 0.328 e. The van der Waals surface area contributed by atoms with Gasteiger partial charge in [-0.3, -0.25) is 0 Å². The van der Waals surface area contributed by atoms with Crippen molar-refractivity contribution >= 4 is 6.21 Å². The molecule has 0 spiro atoms. The van der Waals surface area contributed by atoms with Crippen LogP contribution >= 0.6 is 0 Å². The van der Waals surface area contributed by atoms with Crippen molar-refractivity contribution < 1.29 is 23.8 Å². The molecule has 1 heterocycles. The largest absolute Gasteiger partial charge is 0.493 e. The molecule has 8 nitrogen and oxygen atoms in total. The summed E-state index contributed by atoms with van der Waals surface area (Å²) >= 11 is 0. The van der Waals surface area contributed by atoms with E-state index < -0.39 is 0 Å². The molecule has 0 aliphatic heterocycles. The van der Waals surface area contributed by atoms with Gasteiger partial charge in [0.25, 0.3) is 0 Å². The molecule has 0 fully saturated rings. The summed E-state index contributed by atoms with van der Waals surface area (Å²) in [6, 6.07) is 6.88. The summed E-state index contributed by atoms with van der Waals surface area (Å²) in [6.45, 7) is 0. The van der Waals surface area contributed by atoms with Crippen molar-refractivity contribution in [2.75, 3.05) is 28.4 Å². The van der Waals surface area contributed by atoms with E-state index in [1.54, 1.807) is 30.5 Å². The van der Waals surface area contributed by atoms with E-state index in [4.69, 9.17) is 18.9 Å². The second-order valence-electron chi connectivity index (χ2n) is 4.16. The second kappa shape index (κ2) is 7.83. The quantitative estimate of drug-likeness (QED) is 0.571. The van der Waals surface area contributed by atoms with Gasteiger partial charge in [0.05, 0.1) is 33.6 Å². The smallest absolute Gasteiger partial charge is 0.328 e. The van der Waals surface area contributed by atoms with Crippen LogP contribution in [0.3, 0.4) is 0 Å². The highest BCUT2D eigenvalue weighted by Gasteiger charge is 2.12. The number of hydrogen-bond acceptors (Lipinski definition) is 8. The molecule has 122 valence electrons. The molecule has 0 saturated heterocycles. The third kappa shape index (κ3) is 4.22. The first-order valence-corrected chi connectivity index (χ1v) is 6.59. The monoisotopic (exact) mass is 319 g/mol. The maximum absolute atomic E-state index is 5.70. The third-order valence-corrected chi connectivity index (χ3v) is 2.77. The van der Waals surface area contributed by atoms with Crippen LogP contribution in [0.5, 0.6) is 29.3 Å². The topological polar surface area (TPSA) is 84.3 Å². The van der Waals surface area contributed by atoms with Crippen LogP contribution in [0.2, 0.25) is 0 Å². The van der Waals surface area contributed by atoms with E-state index in [1.165, 1.54) is 28.4 Å². The standard InChI is InChI=1S/C15H17N3O5/c1-19-11-6-5-10(9-16-22-4)7-12(11)23-15-17-13(20-2)8-14(18-15)21-3/h5-9H,1-4H3/b16-9+. The van der Waals surface area contributed by atoms with E-state index in [2.05, 4.69) is 20.0 Å². The van der Waals surface area contributed by atoms with Crippen LogP contribution in [-0.2, 0) is 4.84 Å². The molecule has 1 aromatic carbocycles. The van der Waals surface area contributed by atoms with Crippen molar-refractivity contribution in [1.82, 2.24) is 9.97 Å². The Bertz CT molecular complexity index is 669. The summed E-state index contributed by atoms with van der Waals surface area (Å²) < 4.78 is 21.1. The number of aromatic nitrogens is 2. The van der Waals surface area contributed by atoms with Gasteiger partial charge in [0.2, 0.25) is 11.8 Å². The number of hydrogen-bond donors (Lipinski definition) is 0. The first-order valence-electron chi connectivity index (χ1n) is 6.59. The van der Waals surface area contributed by atoms with Crippen molar-refractivity contribution in [2.45, 2.75) is 0 Å². The van der Waals surface area contributed by atoms with Gasteiger partial charge < -0.3 is 23.8 Å². The van der Waals surface area contributed by atoms with Gasteiger partial charge in [-0.1, -0.05) is 5.16 Å². The molecule has 1 aromatic heterocycles. The van der Waals surface area contributed by atoms with Crippen molar-refractivity contribution in [3.63, 3.8) is 0 Å². The minimum absolute atomic E-state index is 0.0698. The van der Waals surface area contributed by atoms with Gasteiger partial charge in [-0.25, -0.2) is 0 Å². The number of methoxy groups -OCH3 is 3. The highest BCUT2D eigenvalue weighted by molar-refractivity contribution is 5.80. The predicted molar refractivity (Wildman–Crippen MR) is 82.8 cm³/mol. The van der Waals surface area contributed by atoms with Gasteiger partial charge in [-0.2, -0.15) is 9.97 Å². The number of nitrogens with zero attached hydrogens (tertiary/aromatic N) is 3. The number of ether oxygens (including phenoxy) is 4. The first kappa shape index (κ1) is 16.3. The zero-order valence-electron chi connectivity index (χ0n) is 13.3. The molecular weight excluding hydrogens is 302 g/mol. The van der Waals surface area contributed by atoms with Crippen LogP contribution in [0.15, 0.2) is 29.4 Å². The Labute approximate surface area is 133 Å². The van der Waals surface area contributed by atoms with E-state index in [-0.39, 0.29) is 6.01 Å². The molecule has 0 atom stereocenters. The van der Waals surface area contributed by atoms with Crippen molar-refractivity contribution in [1.29, 1.82) is 0 Å². The summed E-state index contributed by atoms with van der Waals surface area (Å²) in [7, 11) is 5.99. The predicted octanol–water partition coefficient (Wildman–Crippen LogP) is 2.28. The normalized spacial score (nSPS) is 10.4. The first-order chi connectivity index (χ1) is 11.2. The average Bonchev–Trinajstić information content (AvgIpc) is 2.59. The van der Waals surface area contributed by atoms with Crippen molar-refractivity contribution in [3.8, 4) is 29.3 Å².